The van der Waals surface area contributed by atoms with Crippen LogP contribution >= 0.6 is 0 Å². The first-order valence-electron chi connectivity index (χ1n) is 7.51. The van der Waals surface area contributed by atoms with Crippen LogP contribution in [0.5, 0.6) is 0 Å². The first-order valence-corrected chi connectivity index (χ1v) is 7.51. The molecule has 0 saturated heterocycles. The number of esters is 1. The van der Waals surface area contributed by atoms with E-state index in [1.807, 2.05) is 0 Å². The number of hydrogen-bond acceptors (Lipinski definition) is 3. The standard InChI is InChI=1S/C18H15F4NO3/c1-26-17(25)15(10-11-6-8-12(19)9-7-11)23-16(24)13-4-2-3-5-14(13)18(20,21)22/h2-9,15H,10H2,1H3,(H,23,24)/t15-/m1/s1. The molecule has 26 heavy (non-hydrogen) atoms. The number of alkyl halides is 3. The minimum atomic E-state index is -4.72. The maximum absolute atomic E-state index is 13.0. The fraction of sp³-hybridized carbons (Fsp3) is 0.222. The Labute approximate surface area is 146 Å². The van der Waals surface area contributed by atoms with Gasteiger partial charge in [-0.1, -0.05) is 24.3 Å². The largest absolute Gasteiger partial charge is 0.467 e. The van der Waals surface area contributed by atoms with Gasteiger partial charge in [-0.2, -0.15) is 13.2 Å². The van der Waals surface area contributed by atoms with E-state index in [4.69, 9.17) is 0 Å². The number of carbonyl (C=O) groups excluding carboxylic acids is 2. The van der Waals surface area contributed by atoms with Gasteiger partial charge in [0, 0.05) is 6.42 Å². The van der Waals surface area contributed by atoms with Gasteiger partial charge < -0.3 is 10.1 Å². The van der Waals surface area contributed by atoms with Gasteiger partial charge in [0.05, 0.1) is 18.2 Å². The Morgan fingerprint density at radius 2 is 1.69 bits per heavy atom. The number of carbonyl (C=O) groups is 2. The molecule has 0 heterocycles. The van der Waals surface area contributed by atoms with Gasteiger partial charge in [0.15, 0.2) is 0 Å². The number of amides is 1. The first kappa shape index (κ1) is 19.4. The smallest absolute Gasteiger partial charge is 0.417 e. The van der Waals surface area contributed by atoms with Crippen molar-refractivity contribution < 1.29 is 31.9 Å². The van der Waals surface area contributed by atoms with Crippen LogP contribution in [0.3, 0.4) is 0 Å². The van der Waals surface area contributed by atoms with Crippen molar-refractivity contribution in [2.75, 3.05) is 7.11 Å². The van der Waals surface area contributed by atoms with Gasteiger partial charge in [-0.15, -0.1) is 0 Å². The molecule has 138 valence electrons. The summed E-state index contributed by atoms with van der Waals surface area (Å²) >= 11 is 0. The normalized spacial score (nSPS) is 12.3. The van der Waals surface area contributed by atoms with Crippen molar-refractivity contribution in [3.8, 4) is 0 Å². The molecule has 1 amide bonds. The van der Waals surface area contributed by atoms with Gasteiger partial charge in [0.2, 0.25) is 0 Å². The summed E-state index contributed by atoms with van der Waals surface area (Å²) in [7, 11) is 1.09. The van der Waals surface area contributed by atoms with Gasteiger partial charge in [0.1, 0.15) is 11.9 Å². The summed E-state index contributed by atoms with van der Waals surface area (Å²) in [4.78, 5) is 24.2. The zero-order valence-corrected chi connectivity index (χ0v) is 13.6. The molecule has 0 aromatic heterocycles. The lowest BCUT2D eigenvalue weighted by molar-refractivity contribution is -0.142. The van der Waals surface area contributed by atoms with E-state index >= 15 is 0 Å². The molecule has 0 bridgehead atoms. The number of benzene rings is 2. The van der Waals surface area contributed by atoms with E-state index in [1.165, 1.54) is 30.3 Å². The Hall–Kier alpha value is -2.90. The van der Waals surface area contributed by atoms with Gasteiger partial charge >= 0.3 is 12.1 Å². The number of rotatable bonds is 5. The number of hydrogen-bond donors (Lipinski definition) is 1. The average Bonchev–Trinajstić information content (AvgIpc) is 2.61. The zero-order valence-electron chi connectivity index (χ0n) is 13.6. The summed E-state index contributed by atoms with van der Waals surface area (Å²) in [6.07, 6.45) is -4.78. The second-order valence-electron chi connectivity index (χ2n) is 5.42. The molecule has 8 heteroatoms. The third kappa shape index (κ3) is 4.81. The molecule has 1 N–H and O–H groups in total. The average molecular weight is 369 g/mol. The molecule has 0 fully saturated rings. The van der Waals surface area contributed by atoms with Crippen molar-refractivity contribution in [3.05, 3.63) is 71.0 Å². The monoisotopic (exact) mass is 369 g/mol. The van der Waals surface area contributed by atoms with Crippen LogP contribution in [-0.2, 0) is 22.1 Å². The zero-order chi connectivity index (χ0) is 19.3. The minimum absolute atomic E-state index is 0.0626. The fourth-order valence-corrected chi connectivity index (χ4v) is 2.36. The van der Waals surface area contributed by atoms with Crippen LogP contribution in [0.15, 0.2) is 48.5 Å². The SMILES string of the molecule is COC(=O)[C@@H](Cc1ccc(F)cc1)NC(=O)c1ccccc1C(F)(F)F. The predicted molar refractivity (Wildman–Crippen MR) is 84.8 cm³/mol. The maximum atomic E-state index is 13.0. The van der Waals surface area contributed by atoms with E-state index in [9.17, 15) is 27.2 Å². The first-order chi connectivity index (χ1) is 12.2. The quantitative estimate of drug-likeness (QED) is 0.650. The molecule has 0 spiro atoms. The number of nitrogens with one attached hydrogen (secondary N) is 1. The second-order valence-corrected chi connectivity index (χ2v) is 5.42. The van der Waals surface area contributed by atoms with Crippen LogP contribution < -0.4 is 5.32 Å². The Balaban J connectivity index is 2.25. The van der Waals surface area contributed by atoms with Gasteiger partial charge in [-0.25, -0.2) is 9.18 Å². The molecule has 0 aliphatic rings. The molecule has 2 aromatic carbocycles. The van der Waals surface area contributed by atoms with Crippen LogP contribution in [0.1, 0.15) is 21.5 Å². The van der Waals surface area contributed by atoms with E-state index in [-0.39, 0.29) is 6.42 Å². The second kappa shape index (κ2) is 7.99. The molecule has 4 nitrogen and oxygen atoms in total. The fourth-order valence-electron chi connectivity index (χ4n) is 2.36. The van der Waals surface area contributed by atoms with Crippen LogP contribution in [-0.4, -0.2) is 25.0 Å². The Kier molecular flexibility index (Phi) is 5.97. The minimum Gasteiger partial charge on any atom is -0.467 e. The van der Waals surface area contributed by atoms with Crippen LogP contribution in [0.2, 0.25) is 0 Å². The van der Waals surface area contributed by atoms with Crippen LogP contribution in [0.4, 0.5) is 17.6 Å². The summed E-state index contributed by atoms with van der Waals surface area (Å²) in [6.45, 7) is 0. The maximum Gasteiger partial charge on any atom is 0.417 e. The van der Waals surface area contributed by atoms with Gasteiger partial charge in [-0.3, -0.25) is 4.79 Å². The topological polar surface area (TPSA) is 55.4 Å². The lowest BCUT2D eigenvalue weighted by Gasteiger charge is -2.18. The molecule has 0 unspecified atom stereocenters. The van der Waals surface area contributed by atoms with Crippen molar-refractivity contribution in [1.29, 1.82) is 0 Å². The molecular formula is C18H15F4NO3. The number of ether oxygens (including phenoxy) is 1. The van der Waals surface area contributed by atoms with Gasteiger partial charge in [-0.05, 0) is 29.8 Å². The third-order valence-electron chi connectivity index (χ3n) is 3.62. The molecule has 0 aliphatic heterocycles. The van der Waals surface area contributed by atoms with E-state index in [2.05, 4.69) is 10.1 Å². The van der Waals surface area contributed by atoms with Crippen molar-refractivity contribution in [1.82, 2.24) is 5.32 Å². The molecule has 2 rings (SSSR count). The highest BCUT2D eigenvalue weighted by Gasteiger charge is 2.35. The highest BCUT2D eigenvalue weighted by molar-refractivity contribution is 5.98. The summed E-state index contributed by atoms with van der Waals surface area (Å²) < 4.78 is 56.7. The lowest BCUT2D eigenvalue weighted by atomic mass is 10.0. The molecule has 0 radical (unpaired) electrons. The highest BCUT2D eigenvalue weighted by atomic mass is 19.4. The predicted octanol–water partition coefficient (Wildman–Crippen LogP) is 3.36. The third-order valence-corrected chi connectivity index (χ3v) is 3.62. The van der Waals surface area contributed by atoms with Crippen LogP contribution in [0, 0.1) is 5.82 Å². The number of halogens is 4. The molecule has 0 aliphatic carbocycles. The van der Waals surface area contributed by atoms with Crippen molar-refractivity contribution in [2.45, 2.75) is 18.6 Å². The van der Waals surface area contributed by atoms with Gasteiger partial charge in [0.25, 0.3) is 5.91 Å². The highest BCUT2D eigenvalue weighted by Crippen LogP contribution is 2.31. The molecule has 1 atom stereocenters. The van der Waals surface area contributed by atoms with Crippen molar-refractivity contribution in [2.24, 2.45) is 0 Å². The Bertz CT molecular complexity index is 788. The molecule has 2 aromatic rings. The van der Waals surface area contributed by atoms with E-state index < -0.39 is 41.0 Å². The summed E-state index contributed by atoms with van der Waals surface area (Å²) in [5.74, 6) is -2.37. The van der Waals surface area contributed by atoms with E-state index in [0.717, 1.165) is 25.3 Å². The van der Waals surface area contributed by atoms with Crippen molar-refractivity contribution in [3.63, 3.8) is 0 Å². The van der Waals surface area contributed by atoms with Crippen molar-refractivity contribution >= 4 is 11.9 Å². The van der Waals surface area contributed by atoms with Crippen LogP contribution in [0.25, 0.3) is 0 Å². The summed E-state index contributed by atoms with van der Waals surface area (Å²) in [5.41, 5.74) is -1.21. The molecular weight excluding hydrogens is 354 g/mol. The van der Waals surface area contributed by atoms with E-state index in [0.29, 0.717) is 5.56 Å². The van der Waals surface area contributed by atoms with E-state index in [1.54, 1.807) is 0 Å². The molecule has 0 saturated carbocycles. The Morgan fingerprint density at radius 3 is 2.27 bits per heavy atom. The number of methoxy groups -OCH3 is 1. The summed E-state index contributed by atoms with van der Waals surface area (Å²) in [5, 5.41) is 2.25. The summed E-state index contributed by atoms with van der Waals surface area (Å²) in [6, 6.07) is 8.18. The lowest BCUT2D eigenvalue weighted by Crippen LogP contribution is -2.43. The Morgan fingerprint density at radius 1 is 1.08 bits per heavy atom.